The Kier molecular flexibility index (Phi) is 9.71. The van der Waals surface area contributed by atoms with Gasteiger partial charge in [-0.25, -0.2) is 4.98 Å². The first kappa shape index (κ1) is 33.7. The third-order valence-corrected chi connectivity index (χ3v) is 9.34. The molecule has 1 saturated heterocycles. The number of piperazine rings is 1. The molecule has 0 spiro atoms. The topological polar surface area (TPSA) is 131 Å². The lowest BCUT2D eigenvalue weighted by Crippen LogP contribution is -2.54. The largest absolute Gasteiger partial charge is 0.435 e. The van der Waals surface area contributed by atoms with E-state index < -0.39 is 17.8 Å². The molecule has 3 N–H and O–H groups in total. The number of alkyl halides is 3. The van der Waals surface area contributed by atoms with E-state index in [0.29, 0.717) is 51.5 Å². The number of carbonyl (C=O) groups excluding carboxylic acids is 3. The second-order valence-corrected chi connectivity index (χ2v) is 12.5. The summed E-state index contributed by atoms with van der Waals surface area (Å²) < 4.78 is 44.2. The lowest BCUT2D eigenvalue weighted by molar-refractivity contribution is -0.141. The van der Waals surface area contributed by atoms with E-state index in [2.05, 4.69) is 15.4 Å². The lowest BCUT2D eigenvalue weighted by Gasteiger charge is -2.40. The van der Waals surface area contributed by atoms with Crippen LogP contribution in [0.1, 0.15) is 58.8 Å². The number of carbonyl (C=O) groups is 3. The highest BCUT2D eigenvalue weighted by Gasteiger charge is 2.39. The lowest BCUT2D eigenvalue weighted by atomic mass is 9.80. The Balaban J connectivity index is 0.00000417. The zero-order valence-corrected chi connectivity index (χ0v) is 26.7. The average Bonchev–Trinajstić information content (AvgIpc) is 3.56. The maximum Gasteiger partial charge on any atom is 0.435 e. The summed E-state index contributed by atoms with van der Waals surface area (Å²) in [6.07, 6.45) is 2.27. The van der Waals surface area contributed by atoms with Gasteiger partial charge in [0.1, 0.15) is 0 Å². The zero-order valence-electron chi connectivity index (χ0n) is 25.1. The fourth-order valence-corrected chi connectivity index (χ4v) is 6.36. The van der Waals surface area contributed by atoms with Gasteiger partial charge in [0.2, 0.25) is 5.91 Å². The van der Waals surface area contributed by atoms with Crippen LogP contribution in [0.3, 0.4) is 0 Å². The van der Waals surface area contributed by atoms with Crippen molar-refractivity contribution in [1.29, 1.82) is 0 Å². The SMILES string of the molecule is Cl.Cn1c(-c2cn(CC3CCC3)nc2C(F)(F)F)cnc1C(=O)Nc1ccc(C(=O)N2CCN(C(=O)[C@H]3C[C@@H](N)C3)CC2)c(Cl)c1. The molecule has 16 heteroatoms. The summed E-state index contributed by atoms with van der Waals surface area (Å²) >= 11 is 6.45. The highest BCUT2D eigenvalue weighted by atomic mass is 35.5. The molecule has 6 rings (SSSR count). The van der Waals surface area contributed by atoms with Gasteiger partial charge in [-0.1, -0.05) is 18.0 Å². The summed E-state index contributed by atoms with van der Waals surface area (Å²) in [6.45, 7) is 2.00. The van der Waals surface area contributed by atoms with Crippen LogP contribution in [0.2, 0.25) is 5.02 Å². The Morgan fingerprint density at radius 1 is 1.09 bits per heavy atom. The zero-order chi connectivity index (χ0) is 32.0. The van der Waals surface area contributed by atoms with Gasteiger partial charge in [0.15, 0.2) is 11.5 Å². The predicted molar refractivity (Wildman–Crippen MR) is 167 cm³/mol. The molecule has 1 aromatic carbocycles. The number of amides is 3. The van der Waals surface area contributed by atoms with E-state index >= 15 is 0 Å². The first-order chi connectivity index (χ1) is 21.4. The van der Waals surface area contributed by atoms with Gasteiger partial charge in [-0.2, -0.15) is 18.3 Å². The number of hydrogen-bond acceptors (Lipinski definition) is 6. The molecule has 46 heavy (non-hydrogen) atoms. The Bertz CT molecular complexity index is 1620. The molecule has 2 saturated carbocycles. The van der Waals surface area contributed by atoms with Crippen molar-refractivity contribution in [2.75, 3.05) is 31.5 Å². The Morgan fingerprint density at radius 3 is 2.35 bits per heavy atom. The van der Waals surface area contributed by atoms with Crippen molar-refractivity contribution in [3.63, 3.8) is 0 Å². The fraction of sp³-hybridized carbons (Fsp3) is 0.500. The van der Waals surface area contributed by atoms with Gasteiger partial charge in [0.25, 0.3) is 11.8 Å². The predicted octanol–water partition coefficient (Wildman–Crippen LogP) is 4.45. The highest BCUT2D eigenvalue weighted by molar-refractivity contribution is 6.34. The number of rotatable bonds is 7. The minimum Gasteiger partial charge on any atom is -0.339 e. The molecule has 3 heterocycles. The van der Waals surface area contributed by atoms with Crippen molar-refractivity contribution >= 4 is 47.4 Å². The van der Waals surface area contributed by atoms with Crippen molar-refractivity contribution in [3.8, 4) is 11.3 Å². The first-order valence-corrected chi connectivity index (χ1v) is 15.4. The van der Waals surface area contributed by atoms with Crippen LogP contribution in [0.15, 0.2) is 30.6 Å². The minimum absolute atomic E-state index is 0. The maximum absolute atomic E-state index is 13.9. The molecule has 248 valence electrons. The Labute approximate surface area is 274 Å². The van der Waals surface area contributed by atoms with E-state index in [1.54, 1.807) is 9.80 Å². The number of hydrogen-bond donors (Lipinski definition) is 2. The quantitative estimate of drug-likeness (QED) is 0.379. The van der Waals surface area contributed by atoms with Gasteiger partial charge in [-0.15, -0.1) is 12.4 Å². The van der Waals surface area contributed by atoms with Crippen LogP contribution in [0.25, 0.3) is 11.3 Å². The molecular formula is C30H35Cl2F3N8O3. The van der Waals surface area contributed by atoms with E-state index in [1.165, 1.54) is 46.9 Å². The molecule has 3 amide bonds. The standard InChI is InChI=1S/C30H34ClF3N8O3.ClH/c1-39-24(22-16-42(15-17-3-2-4-17)38-25(22)30(32,33)34)14-36-26(39)27(43)37-20-5-6-21(23(31)13-20)29(45)41-9-7-40(8-10-41)28(44)18-11-19(35)12-18;/h5-6,13-14,16-19H,2-4,7-12,15,35H2,1H3,(H,37,43);1H/t18-,19+;. The molecule has 0 bridgehead atoms. The average molecular weight is 684 g/mol. The summed E-state index contributed by atoms with van der Waals surface area (Å²) in [5.74, 6) is -0.711. The second kappa shape index (κ2) is 13.2. The molecule has 0 unspecified atom stereocenters. The van der Waals surface area contributed by atoms with E-state index in [4.69, 9.17) is 17.3 Å². The van der Waals surface area contributed by atoms with Gasteiger partial charge in [0.05, 0.1) is 28.0 Å². The summed E-state index contributed by atoms with van der Waals surface area (Å²) in [4.78, 5) is 46.4. The van der Waals surface area contributed by atoms with Crippen LogP contribution in [-0.2, 0) is 24.6 Å². The monoisotopic (exact) mass is 682 g/mol. The van der Waals surface area contributed by atoms with E-state index in [9.17, 15) is 27.6 Å². The Morgan fingerprint density at radius 2 is 1.76 bits per heavy atom. The van der Waals surface area contributed by atoms with Gasteiger partial charge in [-0.05, 0) is 49.8 Å². The number of halogens is 5. The molecule has 3 aromatic rings. The molecule has 2 aromatic heterocycles. The highest BCUT2D eigenvalue weighted by Crippen LogP contribution is 2.37. The summed E-state index contributed by atoms with van der Waals surface area (Å²) in [5, 5.41) is 6.59. The number of aromatic nitrogens is 4. The van der Waals surface area contributed by atoms with Crippen LogP contribution < -0.4 is 11.1 Å². The van der Waals surface area contributed by atoms with Crippen LogP contribution in [0.5, 0.6) is 0 Å². The van der Waals surface area contributed by atoms with Crippen LogP contribution in [0.4, 0.5) is 18.9 Å². The number of nitrogens with one attached hydrogen (secondary N) is 1. The van der Waals surface area contributed by atoms with Gasteiger partial charge in [0, 0.05) is 63.6 Å². The maximum atomic E-state index is 13.9. The van der Waals surface area contributed by atoms with Crippen LogP contribution in [-0.4, -0.2) is 79.1 Å². The van der Waals surface area contributed by atoms with Gasteiger partial charge < -0.3 is 25.4 Å². The second-order valence-electron chi connectivity index (χ2n) is 12.1. The number of anilines is 1. The van der Waals surface area contributed by atoms with Crippen molar-refractivity contribution in [2.45, 2.75) is 50.9 Å². The summed E-state index contributed by atoms with van der Waals surface area (Å²) in [7, 11) is 1.46. The molecule has 3 aliphatic rings. The number of nitrogens with zero attached hydrogens (tertiary/aromatic N) is 6. The normalized spacial score (nSPS) is 20.0. The third kappa shape index (κ3) is 6.74. The molecule has 1 aliphatic heterocycles. The van der Waals surface area contributed by atoms with Crippen molar-refractivity contribution in [3.05, 3.63) is 52.7 Å². The van der Waals surface area contributed by atoms with Gasteiger partial charge >= 0.3 is 6.18 Å². The smallest absolute Gasteiger partial charge is 0.339 e. The molecule has 11 nitrogen and oxygen atoms in total. The number of benzene rings is 1. The summed E-state index contributed by atoms with van der Waals surface area (Å²) in [5.41, 5.74) is 5.26. The minimum atomic E-state index is -4.68. The van der Waals surface area contributed by atoms with E-state index in [-0.39, 0.29) is 69.5 Å². The van der Waals surface area contributed by atoms with Gasteiger partial charge in [-0.3, -0.25) is 19.1 Å². The molecule has 2 aliphatic carbocycles. The molecule has 3 fully saturated rings. The third-order valence-electron chi connectivity index (χ3n) is 9.03. The van der Waals surface area contributed by atoms with E-state index in [0.717, 1.165) is 19.3 Å². The molecule has 0 atom stereocenters. The van der Waals surface area contributed by atoms with Crippen LogP contribution in [0, 0.1) is 11.8 Å². The first-order valence-electron chi connectivity index (χ1n) is 15.0. The number of imidazole rings is 1. The molecular weight excluding hydrogens is 648 g/mol. The summed E-state index contributed by atoms with van der Waals surface area (Å²) in [6, 6.07) is 4.54. The van der Waals surface area contributed by atoms with Crippen molar-refractivity contribution in [1.82, 2.24) is 29.1 Å². The fourth-order valence-electron chi connectivity index (χ4n) is 6.10. The Hall–Kier alpha value is -3.62. The van der Waals surface area contributed by atoms with Crippen LogP contribution >= 0.6 is 24.0 Å². The van der Waals surface area contributed by atoms with Crippen molar-refractivity contribution < 1.29 is 27.6 Å². The number of nitrogens with two attached hydrogens (primary N) is 1. The van der Waals surface area contributed by atoms with E-state index in [1.807, 2.05) is 0 Å². The van der Waals surface area contributed by atoms with Crippen molar-refractivity contribution in [2.24, 2.45) is 24.6 Å². The molecule has 0 radical (unpaired) electrons.